The van der Waals surface area contributed by atoms with E-state index in [0.717, 1.165) is 43.0 Å². The van der Waals surface area contributed by atoms with Gasteiger partial charge in [-0.15, -0.1) is 0 Å². The smallest absolute Gasteiger partial charge is 0.187 e. The average Bonchev–Trinajstić information content (AvgIpc) is 2.84. The maximum absolute atomic E-state index is 15.2. The Bertz CT molecular complexity index is 1370. The summed E-state index contributed by atoms with van der Waals surface area (Å²) in [6.45, 7) is 2.43. The Hall–Kier alpha value is -3.34. The lowest BCUT2D eigenvalue weighted by Gasteiger charge is -2.40. The van der Waals surface area contributed by atoms with Crippen LogP contribution in [0.5, 0.6) is 0 Å². The summed E-state index contributed by atoms with van der Waals surface area (Å²) in [5, 5.41) is 0. The van der Waals surface area contributed by atoms with Crippen LogP contribution in [-0.4, -0.2) is 42.1 Å². The van der Waals surface area contributed by atoms with E-state index in [9.17, 15) is 9.18 Å². The fourth-order valence-corrected chi connectivity index (χ4v) is 5.81. The second kappa shape index (κ2) is 10.7. The fraction of sp³-hybridized carbons (Fsp3) is 0.414. The van der Waals surface area contributed by atoms with E-state index >= 15 is 8.78 Å². The third kappa shape index (κ3) is 5.16. The van der Waals surface area contributed by atoms with Crippen LogP contribution >= 0.6 is 0 Å². The number of hydrogen-bond donors (Lipinski definition) is 2. The third-order valence-electron chi connectivity index (χ3n) is 7.85. The number of ketones is 1. The molecule has 4 N–H and O–H groups in total. The Labute approximate surface area is 224 Å². The van der Waals surface area contributed by atoms with Crippen molar-refractivity contribution >= 4 is 11.5 Å². The van der Waals surface area contributed by atoms with Crippen molar-refractivity contribution in [2.45, 2.75) is 50.2 Å². The number of methoxy groups -OCH3 is 1. The number of anilines is 1. The van der Waals surface area contributed by atoms with Crippen LogP contribution in [0.4, 0.5) is 18.9 Å². The monoisotopic (exact) mass is 540 g/mol. The van der Waals surface area contributed by atoms with E-state index < -0.39 is 40.1 Å². The summed E-state index contributed by atoms with van der Waals surface area (Å²) in [6.07, 6.45) is 5.86. The number of carbonyl (C=O) groups is 1. The van der Waals surface area contributed by atoms with Gasteiger partial charge < -0.3 is 20.9 Å². The van der Waals surface area contributed by atoms with Crippen LogP contribution in [0.1, 0.15) is 59.3 Å². The predicted molar refractivity (Wildman–Crippen MR) is 139 cm³/mol. The van der Waals surface area contributed by atoms with Gasteiger partial charge in [0.1, 0.15) is 28.6 Å². The Morgan fingerprint density at radius 3 is 2.46 bits per heavy atom. The number of nitrogens with zero attached hydrogens (tertiary/aromatic N) is 2. The van der Waals surface area contributed by atoms with E-state index in [1.807, 2.05) is 6.07 Å². The minimum atomic E-state index is -1.05. The molecule has 2 aliphatic rings. The topological polar surface area (TPSA) is 113 Å². The molecule has 1 aliphatic carbocycles. The second-order valence-electron chi connectivity index (χ2n) is 10.7. The van der Waals surface area contributed by atoms with Gasteiger partial charge in [0, 0.05) is 38.0 Å². The van der Waals surface area contributed by atoms with Gasteiger partial charge in [-0.3, -0.25) is 9.78 Å². The molecule has 1 saturated carbocycles. The molecule has 5 rings (SSSR count). The van der Waals surface area contributed by atoms with E-state index in [0.29, 0.717) is 11.5 Å². The molecule has 2 fully saturated rings. The van der Waals surface area contributed by atoms with E-state index in [1.54, 1.807) is 12.4 Å². The Morgan fingerprint density at radius 2 is 1.85 bits per heavy atom. The van der Waals surface area contributed by atoms with Crippen LogP contribution in [0.3, 0.4) is 0 Å². The largest absolute Gasteiger partial charge is 0.397 e. The van der Waals surface area contributed by atoms with Gasteiger partial charge >= 0.3 is 0 Å². The molecule has 0 radical (unpaired) electrons. The lowest BCUT2D eigenvalue weighted by atomic mass is 9.75. The van der Waals surface area contributed by atoms with E-state index in [1.165, 1.54) is 7.11 Å². The molecule has 7 nitrogen and oxygen atoms in total. The summed E-state index contributed by atoms with van der Waals surface area (Å²) in [4.78, 5) is 21.6. The summed E-state index contributed by atoms with van der Waals surface area (Å²) < 4.78 is 56.0. The number of Topliss-reactive ketones (excluding diaryl/α,β-unsaturated/α-hetero) is 1. The first-order chi connectivity index (χ1) is 18.6. The van der Waals surface area contributed by atoms with Gasteiger partial charge in [-0.25, -0.2) is 18.2 Å². The van der Waals surface area contributed by atoms with Crippen LogP contribution in [0.2, 0.25) is 0 Å². The van der Waals surface area contributed by atoms with Crippen LogP contribution in [-0.2, 0) is 21.5 Å². The number of aromatic nitrogens is 2. The number of benzene rings is 1. The number of nitrogens with two attached hydrogens (primary N) is 2. The highest BCUT2D eigenvalue weighted by Crippen LogP contribution is 2.39. The van der Waals surface area contributed by atoms with Crippen molar-refractivity contribution in [1.29, 1.82) is 0 Å². The lowest BCUT2D eigenvalue weighted by molar-refractivity contribution is -0.202. The zero-order valence-electron chi connectivity index (χ0n) is 21.8. The summed E-state index contributed by atoms with van der Waals surface area (Å²) in [5.74, 6) is -3.03. The highest BCUT2D eigenvalue weighted by atomic mass is 19.1. The van der Waals surface area contributed by atoms with Crippen molar-refractivity contribution in [2.24, 2.45) is 11.7 Å². The number of ether oxygens (including phenoxy) is 2. The lowest BCUT2D eigenvalue weighted by Crippen LogP contribution is -2.48. The molecule has 2 aromatic heterocycles. The number of nitrogen functional groups attached to an aromatic ring is 1. The molecule has 0 unspecified atom stereocenters. The van der Waals surface area contributed by atoms with E-state index in [-0.39, 0.29) is 48.5 Å². The quantitative estimate of drug-likeness (QED) is 0.419. The maximum atomic E-state index is 15.2. The minimum absolute atomic E-state index is 0.0687. The molecule has 3 heterocycles. The molecule has 206 valence electrons. The van der Waals surface area contributed by atoms with Crippen molar-refractivity contribution in [3.63, 3.8) is 0 Å². The van der Waals surface area contributed by atoms with Crippen LogP contribution in [0, 0.1) is 23.4 Å². The van der Waals surface area contributed by atoms with Gasteiger partial charge in [0.25, 0.3) is 0 Å². The van der Waals surface area contributed by atoms with Crippen molar-refractivity contribution in [1.82, 2.24) is 9.97 Å². The van der Waals surface area contributed by atoms with Gasteiger partial charge in [0.2, 0.25) is 0 Å². The molecule has 3 atom stereocenters. The van der Waals surface area contributed by atoms with Crippen molar-refractivity contribution in [2.75, 3.05) is 26.1 Å². The molecule has 1 aliphatic heterocycles. The molecular weight excluding hydrogens is 509 g/mol. The van der Waals surface area contributed by atoms with Crippen LogP contribution < -0.4 is 11.5 Å². The zero-order valence-corrected chi connectivity index (χ0v) is 21.8. The first-order valence-corrected chi connectivity index (χ1v) is 12.9. The summed E-state index contributed by atoms with van der Waals surface area (Å²) >= 11 is 0. The van der Waals surface area contributed by atoms with Crippen molar-refractivity contribution in [3.05, 3.63) is 76.5 Å². The number of rotatable bonds is 7. The molecule has 3 aromatic rings. The van der Waals surface area contributed by atoms with Gasteiger partial charge in [0.15, 0.2) is 11.6 Å². The number of halogens is 3. The second-order valence-corrected chi connectivity index (χ2v) is 10.7. The normalized spacial score (nSPS) is 22.4. The minimum Gasteiger partial charge on any atom is -0.397 e. The van der Waals surface area contributed by atoms with Gasteiger partial charge in [-0.1, -0.05) is 6.92 Å². The summed E-state index contributed by atoms with van der Waals surface area (Å²) in [6, 6.07) is 4.96. The van der Waals surface area contributed by atoms with Crippen molar-refractivity contribution in [3.8, 4) is 11.3 Å². The third-order valence-corrected chi connectivity index (χ3v) is 7.85. The molecule has 1 aromatic carbocycles. The molecule has 0 bridgehead atoms. The highest BCUT2D eigenvalue weighted by molar-refractivity contribution is 6.00. The maximum Gasteiger partial charge on any atom is 0.187 e. The van der Waals surface area contributed by atoms with Crippen molar-refractivity contribution < 1.29 is 27.4 Å². The summed E-state index contributed by atoms with van der Waals surface area (Å²) in [5.41, 5.74) is 11.3. The van der Waals surface area contributed by atoms with E-state index in [4.69, 9.17) is 20.9 Å². The summed E-state index contributed by atoms with van der Waals surface area (Å²) in [7, 11) is 1.42. The highest BCUT2D eigenvalue weighted by Gasteiger charge is 2.42. The standard InChI is InChI=1S/C29H31F3N4O3/c1-15-5-16(7-19(33)6-15)20-3-4-35-12-17(20)8-25(37)28-24(34)11-23(32)27(36-28)26-21(30)9-18(10-22(26)31)29(38-2)13-39-14-29/h3-4,9-12,15-16,19H,5-8,13-14,33-34H2,1-2H3/t15-,16+,19-/m0/s1. The van der Waals surface area contributed by atoms with Gasteiger partial charge in [-0.05, 0) is 66.0 Å². The molecule has 10 heteroatoms. The average molecular weight is 541 g/mol. The Morgan fingerprint density at radius 1 is 1.13 bits per heavy atom. The van der Waals surface area contributed by atoms with Crippen LogP contribution in [0.25, 0.3) is 11.3 Å². The van der Waals surface area contributed by atoms with Gasteiger partial charge in [0.05, 0.1) is 24.5 Å². The van der Waals surface area contributed by atoms with E-state index in [2.05, 4.69) is 16.9 Å². The number of hydrogen-bond acceptors (Lipinski definition) is 7. The first kappa shape index (κ1) is 27.2. The SMILES string of the molecule is COC1(c2cc(F)c(-c3nc(C(=O)Cc4cnccc4[C@@H]4C[C@H](C)C[C@H](N)C4)c(N)cc3F)c(F)c2)COC1. The van der Waals surface area contributed by atoms with Crippen LogP contribution in [0.15, 0.2) is 36.7 Å². The zero-order chi connectivity index (χ0) is 27.9. The number of carbonyl (C=O) groups excluding carboxylic acids is 1. The molecule has 1 saturated heterocycles. The fourth-order valence-electron chi connectivity index (χ4n) is 5.81. The predicted octanol–water partition coefficient (Wildman–Crippen LogP) is 4.67. The molecule has 0 amide bonds. The Kier molecular flexibility index (Phi) is 7.45. The number of pyridine rings is 2. The first-order valence-electron chi connectivity index (χ1n) is 12.9. The molecule has 0 spiro atoms. The Balaban J connectivity index is 1.47. The molecular formula is C29H31F3N4O3. The molecule has 39 heavy (non-hydrogen) atoms. The van der Waals surface area contributed by atoms with Gasteiger partial charge in [-0.2, -0.15) is 0 Å².